The standard InChI is InChI=1S/C13H17N3O3/c17-12(9-11-3-1-2-4-14-11)16-7-5-15(6-8-16)10-13(18)19/h1-4H,5-10H2,(H,18,19). The van der Waals surface area contributed by atoms with Crippen molar-refractivity contribution in [2.75, 3.05) is 32.7 Å². The molecule has 1 saturated heterocycles. The van der Waals surface area contributed by atoms with Gasteiger partial charge in [0.1, 0.15) is 0 Å². The highest BCUT2D eigenvalue weighted by Gasteiger charge is 2.22. The zero-order valence-electron chi connectivity index (χ0n) is 10.7. The van der Waals surface area contributed by atoms with Crippen molar-refractivity contribution in [2.24, 2.45) is 0 Å². The molecular formula is C13H17N3O3. The maximum Gasteiger partial charge on any atom is 0.317 e. The number of carbonyl (C=O) groups is 2. The van der Waals surface area contributed by atoms with Crippen LogP contribution < -0.4 is 0 Å². The first kappa shape index (κ1) is 13.5. The molecular weight excluding hydrogens is 246 g/mol. The summed E-state index contributed by atoms with van der Waals surface area (Å²) in [5.74, 6) is -0.776. The van der Waals surface area contributed by atoms with Gasteiger partial charge in [-0.25, -0.2) is 0 Å². The summed E-state index contributed by atoms with van der Waals surface area (Å²) >= 11 is 0. The molecule has 2 heterocycles. The minimum Gasteiger partial charge on any atom is -0.480 e. The van der Waals surface area contributed by atoms with Crippen LogP contribution in [0.5, 0.6) is 0 Å². The average molecular weight is 263 g/mol. The van der Waals surface area contributed by atoms with Gasteiger partial charge in [-0.3, -0.25) is 19.5 Å². The summed E-state index contributed by atoms with van der Waals surface area (Å²) in [6.07, 6.45) is 1.98. The summed E-state index contributed by atoms with van der Waals surface area (Å²) in [6, 6.07) is 5.51. The second-order valence-corrected chi connectivity index (χ2v) is 4.55. The lowest BCUT2D eigenvalue weighted by Crippen LogP contribution is -2.50. The van der Waals surface area contributed by atoms with Crippen LogP contribution in [0, 0.1) is 0 Å². The first-order valence-corrected chi connectivity index (χ1v) is 6.27. The Morgan fingerprint density at radius 1 is 1.21 bits per heavy atom. The minimum atomic E-state index is -0.826. The molecule has 1 amide bonds. The van der Waals surface area contributed by atoms with Crippen LogP contribution in [0.25, 0.3) is 0 Å². The van der Waals surface area contributed by atoms with Gasteiger partial charge in [0.25, 0.3) is 0 Å². The Morgan fingerprint density at radius 2 is 1.95 bits per heavy atom. The van der Waals surface area contributed by atoms with Crippen molar-refractivity contribution in [3.63, 3.8) is 0 Å². The smallest absolute Gasteiger partial charge is 0.317 e. The van der Waals surface area contributed by atoms with E-state index in [-0.39, 0.29) is 12.5 Å². The highest BCUT2D eigenvalue weighted by molar-refractivity contribution is 5.78. The third-order valence-corrected chi connectivity index (χ3v) is 3.14. The van der Waals surface area contributed by atoms with E-state index < -0.39 is 5.97 Å². The van der Waals surface area contributed by atoms with Crippen LogP contribution in [0.4, 0.5) is 0 Å². The second-order valence-electron chi connectivity index (χ2n) is 4.55. The number of carboxylic acid groups (broad SMARTS) is 1. The van der Waals surface area contributed by atoms with Gasteiger partial charge in [0, 0.05) is 38.1 Å². The number of rotatable bonds is 4. The lowest BCUT2D eigenvalue weighted by Gasteiger charge is -2.33. The number of hydrogen-bond donors (Lipinski definition) is 1. The quantitative estimate of drug-likeness (QED) is 0.818. The molecule has 0 bridgehead atoms. The molecule has 1 fully saturated rings. The van der Waals surface area contributed by atoms with Gasteiger partial charge in [-0.2, -0.15) is 0 Å². The van der Waals surface area contributed by atoms with E-state index in [0.717, 1.165) is 5.69 Å². The molecule has 0 aromatic carbocycles. The van der Waals surface area contributed by atoms with Crippen LogP contribution in [-0.4, -0.2) is 64.5 Å². The number of aromatic nitrogens is 1. The average Bonchev–Trinajstić information content (AvgIpc) is 2.40. The number of piperazine rings is 1. The number of carbonyl (C=O) groups excluding carboxylic acids is 1. The number of carboxylic acids is 1. The SMILES string of the molecule is O=C(O)CN1CCN(C(=O)Cc2ccccn2)CC1. The van der Waals surface area contributed by atoms with Gasteiger partial charge in [0.2, 0.25) is 5.91 Å². The number of pyridine rings is 1. The monoisotopic (exact) mass is 263 g/mol. The van der Waals surface area contributed by atoms with Crippen molar-refractivity contribution < 1.29 is 14.7 Å². The summed E-state index contributed by atoms with van der Waals surface area (Å²) < 4.78 is 0. The van der Waals surface area contributed by atoms with E-state index in [4.69, 9.17) is 5.11 Å². The van der Waals surface area contributed by atoms with Crippen LogP contribution in [0.3, 0.4) is 0 Å². The largest absolute Gasteiger partial charge is 0.480 e. The number of nitrogens with zero attached hydrogens (tertiary/aromatic N) is 3. The molecule has 0 radical (unpaired) electrons. The molecule has 1 aromatic rings. The molecule has 102 valence electrons. The molecule has 1 aliphatic rings. The minimum absolute atomic E-state index is 0.0439. The molecule has 0 unspecified atom stereocenters. The van der Waals surface area contributed by atoms with Crippen LogP contribution in [-0.2, 0) is 16.0 Å². The molecule has 0 aliphatic carbocycles. The van der Waals surface area contributed by atoms with Gasteiger partial charge in [0.15, 0.2) is 0 Å². The van der Waals surface area contributed by atoms with E-state index in [2.05, 4.69) is 4.98 Å². The predicted molar refractivity (Wildman–Crippen MR) is 68.6 cm³/mol. The van der Waals surface area contributed by atoms with E-state index in [1.54, 1.807) is 11.1 Å². The van der Waals surface area contributed by atoms with E-state index in [1.807, 2.05) is 23.1 Å². The summed E-state index contributed by atoms with van der Waals surface area (Å²) in [5, 5.41) is 8.71. The fraction of sp³-hybridized carbons (Fsp3) is 0.462. The Hall–Kier alpha value is -1.95. The Morgan fingerprint density at radius 3 is 2.53 bits per heavy atom. The summed E-state index contributed by atoms with van der Waals surface area (Å²) in [4.78, 5) is 30.4. The lowest BCUT2D eigenvalue weighted by atomic mass is 10.2. The Balaban J connectivity index is 1.81. The molecule has 1 aliphatic heterocycles. The van der Waals surface area contributed by atoms with Crippen LogP contribution in [0.1, 0.15) is 5.69 Å². The second kappa shape index (κ2) is 6.29. The van der Waals surface area contributed by atoms with Crippen molar-refractivity contribution in [1.82, 2.24) is 14.8 Å². The van der Waals surface area contributed by atoms with Gasteiger partial charge in [-0.1, -0.05) is 6.07 Å². The molecule has 0 spiro atoms. The number of amides is 1. The van der Waals surface area contributed by atoms with E-state index in [0.29, 0.717) is 32.6 Å². The Kier molecular flexibility index (Phi) is 4.46. The fourth-order valence-electron chi connectivity index (χ4n) is 2.12. The predicted octanol–water partition coefficient (Wildman–Crippen LogP) is -0.147. The topological polar surface area (TPSA) is 73.7 Å². The highest BCUT2D eigenvalue weighted by Crippen LogP contribution is 2.05. The summed E-state index contributed by atoms with van der Waals surface area (Å²) in [7, 11) is 0. The van der Waals surface area contributed by atoms with Gasteiger partial charge >= 0.3 is 5.97 Å². The number of hydrogen-bond acceptors (Lipinski definition) is 4. The normalized spacial score (nSPS) is 16.3. The van der Waals surface area contributed by atoms with E-state index >= 15 is 0 Å². The number of aliphatic carboxylic acids is 1. The molecule has 1 N–H and O–H groups in total. The summed E-state index contributed by atoms with van der Waals surface area (Å²) in [5.41, 5.74) is 0.764. The Labute approximate surface area is 111 Å². The van der Waals surface area contributed by atoms with Crippen molar-refractivity contribution >= 4 is 11.9 Å². The maximum absolute atomic E-state index is 12.0. The first-order valence-electron chi connectivity index (χ1n) is 6.27. The molecule has 6 nitrogen and oxygen atoms in total. The highest BCUT2D eigenvalue weighted by atomic mass is 16.4. The molecule has 0 atom stereocenters. The van der Waals surface area contributed by atoms with Gasteiger partial charge in [0.05, 0.1) is 13.0 Å². The first-order chi connectivity index (χ1) is 9.15. The zero-order chi connectivity index (χ0) is 13.7. The fourth-order valence-corrected chi connectivity index (χ4v) is 2.12. The van der Waals surface area contributed by atoms with Crippen LogP contribution >= 0.6 is 0 Å². The molecule has 2 rings (SSSR count). The summed E-state index contributed by atoms with van der Waals surface area (Å²) in [6.45, 7) is 2.43. The van der Waals surface area contributed by atoms with Gasteiger partial charge < -0.3 is 10.0 Å². The third kappa shape index (κ3) is 4.03. The van der Waals surface area contributed by atoms with E-state index in [9.17, 15) is 9.59 Å². The Bertz CT molecular complexity index is 442. The van der Waals surface area contributed by atoms with Crippen LogP contribution in [0.15, 0.2) is 24.4 Å². The van der Waals surface area contributed by atoms with Gasteiger partial charge in [-0.15, -0.1) is 0 Å². The van der Waals surface area contributed by atoms with Crippen LogP contribution in [0.2, 0.25) is 0 Å². The molecule has 1 aromatic heterocycles. The van der Waals surface area contributed by atoms with E-state index in [1.165, 1.54) is 0 Å². The third-order valence-electron chi connectivity index (χ3n) is 3.14. The van der Waals surface area contributed by atoms with Crippen molar-refractivity contribution in [1.29, 1.82) is 0 Å². The zero-order valence-corrected chi connectivity index (χ0v) is 10.7. The lowest BCUT2D eigenvalue weighted by molar-refractivity contribution is -0.139. The van der Waals surface area contributed by atoms with Crippen molar-refractivity contribution in [3.8, 4) is 0 Å². The molecule has 19 heavy (non-hydrogen) atoms. The maximum atomic E-state index is 12.0. The molecule has 0 saturated carbocycles. The van der Waals surface area contributed by atoms with Crippen molar-refractivity contribution in [2.45, 2.75) is 6.42 Å². The molecule has 6 heteroatoms. The van der Waals surface area contributed by atoms with Crippen molar-refractivity contribution in [3.05, 3.63) is 30.1 Å². The van der Waals surface area contributed by atoms with Gasteiger partial charge in [-0.05, 0) is 12.1 Å².